The van der Waals surface area contributed by atoms with Crippen molar-refractivity contribution in [3.8, 4) is 0 Å². The van der Waals surface area contributed by atoms with Crippen LogP contribution < -0.4 is 16.2 Å². The maximum atomic E-state index is 13.0. The molecule has 0 radical (unpaired) electrons. The summed E-state index contributed by atoms with van der Waals surface area (Å²) in [7, 11) is 0. The second-order valence-electron chi connectivity index (χ2n) is 7.98. The third-order valence-electron chi connectivity index (χ3n) is 5.81. The van der Waals surface area contributed by atoms with Crippen molar-refractivity contribution in [2.45, 2.75) is 52.1 Å². The van der Waals surface area contributed by atoms with Gasteiger partial charge in [0.05, 0.1) is 6.61 Å². The smallest absolute Gasteiger partial charge is 0.409 e. The number of piperidine rings is 2. The molecule has 0 aromatic carbocycles. The number of hydrogen-bond donors (Lipinski definition) is 2. The summed E-state index contributed by atoms with van der Waals surface area (Å²) >= 11 is 0. The Bertz CT molecular complexity index is 784. The fraction of sp³-hybridized carbons (Fsp3) is 0.667. The van der Waals surface area contributed by atoms with Crippen molar-refractivity contribution in [1.82, 2.24) is 20.1 Å². The maximum Gasteiger partial charge on any atom is 0.409 e. The van der Waals surface area contributed by atoms with Crippen LogP contribution in [0.5, 0.6) is 0 Å². The van der Waals surface area contributed by atoms with E-state index < -0.39 is 0 Å². The van der Waals surface area contributed by atoms with Gasteiger partial charge in [0.1, 0.15) is 5.56 Å². The van der Waals surface area contributed by atoms with E-state index in [0.29, 0.717) is 50.6 Å². The number of aromatic nitrogens is 1. The molecule has 30 heavy (non-hydrogen) atoms. The summed E-state index contributed by atoms with van der Waals surface area (Å²) < 4.78 is 6.69. The summed E-state index contributed by atoms with van der Waals surface area (Å²) in [5.41, 5.74) is 0.690. The van der Waals surface area contributed by atoms with Gasteiger partial charge < -0.3 is 24.8 Å². The van der Waals surface area contributed by atoms with E-state index in [1.54, 1.807) is 29.5 Å². The quantitative estimate of drug-likeness (QED) is 0.729. The lowest BCUT2D eigenvalue weighted by Crippen LogP contribution is -2.48. The number of pyridine rings is 1. The molecule has 1 aromatic rings. The summed E-state index contributed by atoms with van der Waals surface area (Å²) in [6.45, 7) is 7.57. The third-order valence-corrected chi connectivity index (χ3v) is 5.81. The molecule has 2 N–H and O–H groups in total. The van der Waals surface area contributed by atoms with Gasteiger partial charge in [-0.3, -0.25) is 9.59 Å². The Labute approximate surface area is 183 Å². The number of carbonyl (C=O) groups excluding carboxylic acids is 2. The second kappa shape index (κ2) is 11.4. The molecular weight excluding hydrogens is 408 g/mol. The summed E-state index contributed by atoms with van der Waals surface area (Å²) in [6, 6.07) is 1.79. The normalized spacial score (nSPS) is 19.7. The highest BCUT2D eigenvalue weighted by atomic mass is 35.5. The lowest BCUT2D eigenvalue weighted by atomic mass is 9.99. The number of rotatable bonds is 5. The third kappa shape index (κ3) is 5.98. The Kier molecular flexibility index (Phi) is 9.17. The van der Waals surface area contributed by atoms with E-state index in [2.05, 4.69) is 10.6 Å². The molecule has 2 aliphatic rings. The molecule has 0 saturated carbocycles. The van der Waals surface area contributed by atoms with Crippen molar-refractivity contribution < 1.29 is 14.3 Å². The van der Waals surface area contributed by atoms with Crippen molar-refractivity contribution in [3.63, 3.8) is 0 Å². The van der Waals surface area contributed by atoms with Crippen molar-refractivity contribution in [3.05, 3.63) is 33.7 Å². The summed E-state index contributed by atoms with van der Waals surface area (Å²) in [4.78, 5) is 39.3. The summed E-state index contributed by atoms with van der Waals surface area (Å²) in [6.07, 6.45) is 4.99. The van der Waals surface area contributed by atoms with Crippen LogP contribution in [0.4, 0.5) is 4.79 Å². The predicted molar refractivity (Wildman–Crippen MR) is 117 cm³/mol. The minimum Gasteiger partial charge on any atom is -0.450 e. The molecule has 1 unspecified atom stereocenters. The highest BCUT2D eigenvalue weighted by molar-refractivity contribution is 5.95. The van der Waals surface area contributed by atoms with Gasteiger partial charge in [0.2, 0.25) is 0 Å². The number of halogens is 1. The number of amides is 2. The topological polar surface area (TPSA) is 92.7 Å². The zero-order valence-corrected chi connectivity index (χ0v) is 18.6. The molecule has 0 bridgehead atoms. The molecule has 3 rings (SSSR count). The average Bonchev–Trinajstić information content (AvgIpc) is 2.72. The van der Waals surface area contributed by atoms with Gasteiger partial charge in [0.15, 0.2) is 0 Å². The first kappa shape index (κ1) is 24.2. The largest absolute Gasteiger partial charge is 0.450 e. The minimum atomic E-state index is -0.321. The monoisotopic (exact) mass is 440 g/mol. The minimum absolute atomic E-state index is 0. The standard InChI is InChI=1S/C21H32N4O4.ClH/c1-3-29-21(28)24-11-7-17(8-12-24)23-19(26)18-15(2)6-10-25(20(18)27)14-16-5-4-9-22-13-16;/h6,10,16-17,22H,3-5,7-9,11-14H2,1-2H3,(H,23,26);1H. The summed E-state index contributed by atoms with van der Waals surface area (Å²) in [5, 5.41) is 6.36. The maximum absolute atomic E-state index is 13.0. The van der Waals surface area contributed by atoms with Crippen molar-refractivity contribution in [2.75, 3.05) is 32.8 Å². The van der Waals surface area contributed by atoms with Gasteiger partial charge in [-0.2, -0.15) is 0 Å². The fourth-order valence-electron chi connectivity index (χ4n) is 4.12. The van der Waals surface area contributed by atoms with Gasteiger partial charge in [-0.05, 0) is 70.2 Å². The molecule has 0 spiro atoms. The lowest BCUT2D eigenvalue weighted by Gasteiger charge is -2.31. The van der Waals surface area contributed by atoms with E-state index in [0.717, 1.165) is 25.9 Å². The molecule has 9 heteroatoms. The molecule has 168 valence electrons. The van der Waals surface area contributed by atoms with Crippen LogP contribution in [0.1, 0.15) is 48.5 Å². The zero-order chi connectivity index (χ0) is 20.8. The molecule has 2 amide bonds. The van der Waals surface area contributed by atoms with Crippen LogP contribution in [-0.4, -0.2) is 60.3 Å². The highest BCUT2D eigenvalue weighted by Gasteiger charge is 2.26. The van der Waals surface area contributed by atoms with Crippen LogP contribution in [0.2, 0.25) is 0 Å². The van der Waals surface area contributed by atoms with Gasteiger partial charge in [-0.15, -0.1) is 12.4 Å². The van der Waals surface area contributed by atoms with Crippen molar-refractivity contribution in [2.24, 2.45) is 5.92 Å². The van der Waals surface area contributed by atoms with Crippen LogP contribution in [0, 0.1) is 12.8 Å². The summed E-state index contributed by atoms with van der Waals surface area (Å²) in [5.74, 6) is 0.0884. The molecule has 2 aliphatic heterocycles. The first-order valence-corrected chi connectivity index (χ1v) is 10.6. The van der Waals surface area contributed by atoms with Crippen LogP contribution in [0.15, 0.2) is 17.1 Å². The number of nitrogens with zero attached hydrogens (tertiary/aromatic N) is 2. The van der Waals surface area contributed by atoms with E-state index >= 15 is 0 Å². The van der Waals surface area contributed by atoms with E-state index in [1.165, 1.54) is 0 Å². The van der Waals surface area contributed by atoms with E-state index in [1.807, 2.05) is 6.07 Å². The number of aryl methyl sites for hydroxylation is 1. The molecule has 8 nitrogen and oxygen atoms in total. The molecule has 0 aliphatic carbocycles. The van der Waals surface area contributed by atoms with E-state index in [4.69, 9.17) is 4.74 Å². The molecule has 2 fully saturated rings. The first-order valence-electron chi connectivity index (χ1n) is 10.6. The van der Waals surface area contributed by atoms with Gasteiger partial charge >= 0.3 is 6.09 Å². The Hall–Kier alpha value is -2.06. The molecule has 1 atom stereocenters. The predicted octanol–water partition coefficient (Wildman–Crippen LogP) is 1.93. The molecule has 3 heterocycles. The highest BCUT2D eigenvalue weighted by Crippen LogP contribution is 2.14. The van der Waals surface area contributed by atoms with Crippen LogP contribution in [0.3, 0.4) is 0 Å². The number of ether oxygens (including phenoxy) is 1. The molecule has 1 aromatic heterocycles. The second-order valence-corrected chi connectivity index (χ2v) is 7.98. The van der Waals surface area contributed by atoms with Gasteiger partial charge in [-0.25, -0.2) is 4.79 Å². The first-order chi connectivity index (χ1) is 14.0. The molecule has 2 saturated heterocycles. The average molecular weight is 441 g/mol. The SMILES string of the molecule is CCOC(=O)N1CCC(NC(=O)c2c(C)ccn(CC3CCCNC3)c2=O)CC1.Cl. The van der Waals surface area contributed by atoms with Gasteiger partial charge in [0.25, 0.3) is 11.5 Å². The van der Waals surface area contributed by atoms with E-state index in [-0.39, 0.29) is 41.6 Å². The van der Waals surface area contributed by atoms with Crippen molar-refractivity contribution in [1.29, 1.82) is 0 Å². The number of carbonyl (C=O) groups is 2. The molecular formula is C21H33ClN4O4. The Morgan fingerprint density at radius 1 is 1.27 bits per heavy atom. The van der Waals surface area contributed by atoms with Crippen molar-refractivity contribution >= 4 is 24.4 Å². The lowest BCUT2D eigenvalue weighted by molar-refractivity contribution is 0.0858. The fourth-order valence-corrected chi connectivity index (χ4v) is 4.12. The number of likely N-dealkylation sites (tertiary alicyclic amines) is 1. The Morgan fingerprint density at radius 2 is 2.00 bits per heavy atom. The van der Waals surface area contributed by atoms with Gasteiger partial charge in [-0.1, -0.05) is 0 Å². The van der Waals surface area contributed by atoms with Crippen LogP contribution >= 0.6 is 12.4 Å². The Balaban J connectivity index is 0.00000320. The van der Waals surface area contributed by atoms with Crippen LogP contribution in [-0.2, 0) is 11.3 Å². The van der Waals surface area contributed by atoms with Gasteiger partial charge in [0, 0.05) is 31.9 Å². The van der Waals surface area contributed by atoms with E-state index in [9.17, 15) is 14.4 Å². The van der Waals surface area contributed by atoms with Crippen LogP contribution in [0.25, 0.3) is 0 Å². The number of hydrogen-bond acceptors (Lipinski definition) is 5. The zero-order valence-electron chi connectivity index (χ0n) is 17.8. The number of nitrogens with one attached hydrogen (secondary N) is 2. The Morgan fingerprint density at radius 3 is 2.63 bits per heavy atom.